The zero-order valence-corrected chi connectivity index (χ0v) is 23.9. The second-order valence-electron chi connectivity index (χ2n) is 11.7. The Labute approximate surface area is 247 Å². The van der Waals surface area contributed by atoms with Gasteiger partial charge in [-0.3, -0.25) is 4.79 Å². The van der Waals surface area contributed by atoms with Crippen molar-refractivity contribution in [3.05, 3.63) is 83.6 Å². The van der Waals surface area contributed by atoms with Crippen molar-refractivity contribution < 1.29 is 28.5 Å². The second kappa shape index (κ2) is 10.3. The molecule has 1 aliphatic heterocycles. The van der Waals surface area contributed by atoms with E-state index < -0.39 is 11.1 Å². The summed E-state index contributed by atoms with van der Waals surface area (Å²) in [6.45, 7) is 2.19. The molecule has 11 heteroatoms. The van der Waals surface area contributed by atoms with Gasteiger partial charge in [0.1, 0.15) is 29.3 Å². The smallest absolute Gasteiger partial charge is 0.251 e. The minimum absolute atomic E-state index is 0.0608. The number of carbonyl (C=O) groups is 1. The highest BCUT2D eigenvalue weighted by molar-refractivity contribution is 5.95. The van der Waals surface area contributed by atoms with Crippen molar-refractivity contribution in [1.82, 2.24) is 25.3 Å². The number of pyridine rings is 1. The first kappa shape index (κ1) is 27.3. The fraction of sp³-hybridized carbons (Fsp3) is 0.375. The van der Waals surface area contributed by atoms with Gasteiger partial charge in [-0.1, -0.05) is 5.21 Å². The van der Waals surface area contributed by atoms with E-state index in [1.165, 1.54) is 19.2 Å². The molecule has 10 nitrogen and oxygen atoms in total. The van der Waals surface area contributed by atoms with Crippen LogP contribution in [0, 0.1) is 11.7 Å². The van der Waals surface area contributed by atoms with Crippen LogP contribution in [0.15, 0.2) is 60.9 Å². The molecule has 4 aromatic rings. The summed E-state index contributed by atoms with van der Waals surface area (Å²) in [5.41, 5.74) is 0.485. The van der Waals surface area contributed by atoms with E-state index in [2.05, 4.69) is 15.6 Å². The highest BCUT2D eigenvalue weighted by atomic mass is 19.1. The van der Waals surface area contributed by atoms with Crippen molar-refractivity contribution in [3.63, 3.8) is 0 Å². The van der Waals surface area contributed by atoms with Crippen molar-refractivity contribution in [2.24, 2.45) is 5.92 Å². The van der Waals surface area contributed by atoms with Crippen molar-refractivity contribution in [3.8, 4) is 28.5 Å². The minimum atomic E-state index is -1.47. The molecule has 3 heterocycles. The van der Waals surface area contributed by atoms with Gasteiger partial charge < -0.3 is 24.6 Å². The summed E-state index contributed by atoms with van der Waals surface area (Å²) < 4.78 is 33.1. The van der Waals surface area contributed by atoms with Crippen LogP contribution in [0.2, 0.25) is 0 Å². The summed E-state index contributed by atoms with van der Waals surface area (Å²) in [5.74, 6) is 0.786. The molecule has 0 bridgehead atoms. The molecule has 2 saturated carbocycles. The molecule has 2 fully saturated rings. The van der Waals surface area contributed by atoms with E-state index in [-0.39, 0.29) is 36.9 Å². The van der Waals surface area contributed by atoms with Crippen LogP contribution in [-0.4, -0.2) is 57.4 Å². The van der Waals surface area contributed by atoms with Gasteiger partial charge in [0.2, 0.25) is 0 Å². The maximum Gasteiger partial charge on any atom is 0.251 e. The number of halogens is 1. The fourth-order valence-corrected chi connectivity index (χ4v) is 5.65. The third-order valence-electron chi connectivity index (χ3n) is 8.56. The fourth-order valence-electron chi connectivity index (χ4n) is 5.65. The van der Waals surface area contributed by atoms with Gasteiger partial charge in [-0.15, -0.1) is 5.10 Å². The highest BCUT2D eigenvalue weighted by Gasteiger charge is 2.49. The normalized spacial score (nSPS) is 20.6. The highest BCUT2D eigenvalue weighted by Crippen LogP contribution is 2.50. The Morgan fingerprint density at radius 3 is 2.63 bits per heavy atom. The Kier molecular flexibility index (Phi) is 6.57. The van der Waals surface area contributed by atoms with E-state index in [9.17, 15) is 14.3 Å². The van der Waals surface area contributed by atoms with Crippen LogP contribution >= 0.6 is 0 Å². The number of ether oxygens (including phenoxy) is 3. The van der Waals surface area contributed by atoms with E-state index >= 15 is 0 Å². The standard InChI is InChI=1S/C32H32FN5O5/c1-31(38-14-13-35-37-38)18-42-29-24(31)16-27(36-28(29)19-3-8-22(33)9-4-19)32(40,21-6-7-21)17-34-30(39)20-5-12-25(26(15-20)41-2)43-23-10-11-23/h3-5,8-9,12-16,21,23,40H,6-7,10-11,17-18H2,1-2H3,(H,34,39)/t31-,32?/m0/s1. The zero-order valence-electron chi connectivity index (χ0n) is 23.9. The number of hydrogen-bond acceptors (Lipinski definition) is 8. The molecule has 0 radical (unpaired) electrons. The lowest BCUT2D eigenvalue weighted by molar-refractivity contribution is 0.00944. The summed E-state index contributed by atoms with van der Waals surface area (Å²) >= 11 is 0. The average molecular weight is 586 g/mol. The predicted octanol–water partition coefficient (Wildman–Crippen LogP) is 4.21. The molecule has 2 atom stereocenters. The van der Waals surface area contributed by atoms with Crippen molar-refractivity contribution in [2.45, 2.75) is 49.9 Å². The van der Waals surface area contributed by atoms with Gasteiger partial charge in [-0.2, -0.15) is 0 Å². The lowest BCUT2D eigenvalue weighted by Crippen LogP contribution is -2.43. The number of nitrogens with one attached hydrogen (secondary N) is 1. The molecule has 1 unspecified atom stereocenters. The van der Waals surface area contributed by atoms with Gasteiger partial charge >= 0.3 is 0 Å². The number of nitrogens with zero attached hydrogens (tertiary/aromatic N) is 4. The van der Waals surface area contributed by atoms with Crippen LogP contribution in [0.25, 0.3) is 11.3 Å². The van der Waals surface area contributed by atoms with Gasteiger partial charge in [0.05, 0.1) is 31.6 Å². The summed E-state index contributed by atoms with van der Waals surface area (Å²) in [4.78, 5) is 18.2. The maximum absolute atomic E-state index is 13.8. The largest absolute Gasteiger partial charge is 0.493 e. The van der Waals surface area contributed by atoms with Gasteiger partial charge in [0.15, 0.2) is 17.2 Å². The molecular weight excluding hydrogens is 553 g/mol. The van der Waals surface area contributed by atoms with Gasteiger partial charge in [0, 0.05) is 22.9 Å². The summed E-state index contributed by atoms with van der Waals surface area (Å²) in [6.07, 6.45) is 7.15. The topological polar surface area (TPSA) is 121 Å². The van der Waals surface area contributed by atoms with Gasteiger partial charge in [-0.25, -0.2) is 14.1 Å². The third kappa shape index (κ3) is 4.97. The van der Waals surface area contributed by atoms with E-state index in [4.69, 9.17) is 19.2 Å². The molecule has 222 valence electrons. The SMILES string of the molecule is COc1cc(C(=O)NCC(O)(c2cc3c(c(-c4ccc(F)cc4)n2)OC[C@]3(C)n2ccnn2)C2CC2)ccc1OC1CC1. The maximum atomic E-state index is 13.8. The molecule has 2 aromatic heterocycles. The van der Waals surface area contributed by atoms with E-state index in [0.717, 1.165) is 31.2 Å². The summed E-state index contributed by atoms with van der Waals surface area (Å²) in [7, 11) is 1.54. The number of hydrogen-bond donors (Lipinski definition) is 2. The second-order valence-corrected chi connectivity index (χ2v) is 11.7. The molecule has 43 heavy (non-hydrogen) atoms. The Hall–Kier alpha value is -4.51. The zero-order chi connectivity index (χ0) is 29.8. The lowest BCUT2D eigenvalue weighted by Gasteiger charge is -2.30. The minimum Gasteiger partial charge on any atom is -0.493 e. The van der Waals surface area contributed by atoms with Crippen molar-refractivity contribution in [2.75, 3.05) is 20.3 Å². The Balaban J connectivity index is 1.24. The van der Waals surface area contributed by atoms with E-state index in [1.807, 2.05) is 13.0 Å². The summed E-state index contributed by atoms with van der Waals surface area (Å²) in [6, 6.07) is 12.9. The van der Waals surface area contributed by atoms with Gasteiger partial charge in [0.25, 0.3) is 5.91 Å². The van der Waals surface area contributed by atoms with Crippen LogP contribution < -0.4 is 19.5 Å². The first-order valence-corrected chi connectivity index (χ1v) is 14.5. The van der Waals surface area contributed by atoms with E-state index in [1.54, 1.807) is 47.4 Å². The third-order valence-corrected chi connectivity index (χ3v) is 8.56. The molecule has 1 amide bonds. The van der Waals surface area contributed by atoms with Crippen LogP contribution in [-0.2, 0) is 11.1 Å². The molecule has 7 rings (SSSR count). The molecular formula is C32H32FN5O5. The van der Waals surface area contributed by atoms with Crippen LogP contribution in [0.4, 0.5) is 4.39 Å². The number of benzene rings is 2. The van der Waals surface area contributed by atoms with Crippen molar-refractivity contribution in [1.29, 1.82) is 0 Å². The van der Waals surface area contributed by atoms with Crippen LogP contribution in [0.5, 0.6) is 17.2 Å². The number of rotatable bonds is 10. The van der Waals surface area contributed by atoms with Crippen LogP contribution in [0.3, 0.4) is 0 Å². The monoisotopic (exact) mass is 585 g/mol. The Morgan fingerprint density at radius 1 is 1.16 bits per heavy atom. The molecule has 2 N–H and O–H groups in total. The number of aliphatic hydroxyl groups is 1. The number of amides is 1. The number of carbonyl (C=O) groups excluding carboxylic acids is 1. The Morgan fingerprint density at radius 2 is 1.95 bits per heavy atom. The van der Waals surface area contributed by atoms with Gasteiger partial charge in [-0.05, 0) is 87.1 Å². The lowest BCUT2D eigenvalue weighted by atomic mass is 9.87. The number of aromatic nitrogens is 4. The Bertz CT molecular complexity index is 1670. The van der Waals surface area contributed by atoms with Crippen LogP contribution in [0.1, 0.15) is 54.2 Å². The number of methoxy groups -OCH3 is 1. The van der Waals surface area contributed by atoms with Crippen molar-refractivity contribution >= 4 is 5.91 Å². The first-order chi connectivity index (χ1) is 20.8. The first-order valence-electron chi connectivity index (χ1n) is 14.5. The molecule has 0 spiro atoms. The quantitative estimate of drug-likeness (QED) is 0.284. The molecule has 2 aromatic carbocycles. The average Bonchev–Trinajstić information content (AvgIpc) is 3.95. The molecule has 3 aliphatic rings. The summed E-state index contributed by atoms with van der Waals surface area (Å²) in [5, 5.41) is 23.4. The number of fused-ring (bicyclic) bond motifs is 1. The predicted molar refractivity (Wildman–Crippen MR) is 153 cm³/mol. The molecule has 0 saturated heterocycles. The van der Waals surface area contributed by atoms with E-state index in [0.29, 0.717) is 39.8 Å². The molecule has 2 aliphatic carbocycles.